The van der Waals surface area contributed by atoms with Crippen LogP contribution in [0.3, 0.4) is 0 Å². The van der Waals surface area contributed by atoms with Gasteiger partial charge in [-0.15, -0.1) is 0 Å². The fourth-order valence-electron chi connectivity index (χ4n) is 4.00. The minimum atomic E-state index is -0.914. The molecule has 8 heteroatoms. The average molecular weight is 495 g/mol. The smallest absolute Gasteiger partial charge is 0.326 e. The number of benzene rings is 2. The topological polar surface area (TPSA) is 89.5 Å². The monoisotopic (exact) mass is 494 g/mol. The van der Waals surface area contributed by atoms with Crippen LogP contribution in [-0.2, 0) is 11.2 Å². The standard InChI is InChI=1S/C24H23BrN4O3/c1-4-7-22-27-20-11-10-16(25)12-18(20)23(30)29(22)26-13-19-14(2)28(15(3)24(31)32)21-9-6-5-8-17(19)21/h5-6,8-13,15H,4,7H2,1-3H3,(H,31,32)/t15-/m0/s1. The predicted octanol–water partition coefficient (Wildman–Crippen LogP) is 4.90. The first kappa shape index (κ1) is 22.0. The van der Waals surface area contributed by atoms with E-state index in [-0.39, 0.29) is 5.56 Å². The van der Waals surface area contributed by atoms with Crippen LogP contribution in [0.15, 0.2) is 56.8 Å². The molecule has 0 saturated carbocycles. The normalized spacial score (nSPS) is 12.8. The molecule has 0 bridgehead atoms. The molecule has 2 aromatic carbocycles. The second-order valence-corrected chi connectivity index (χ2v) is 8.62. The third kappa shape index (κ3) is 3.75. The number of rotatable bonds is 6. The van der Waals surface area contributed by atoms with E-state index in [9.17, 15) is 14.7 Å². The molecule has 2 aromatic heterocycles. The van der Waals surface area contributed by atoms with Gasteiger partial charge in [0.15, 0.2) is 0 Å². The zero-order valence-electron chi connectivity index (χ0n) is 18.0. The summed E-state index contributed by atoms with van der Waals surface area (Å²) in [4.78, 5) is 29.6. The Balaban J connectivity index is 1.93. The number of nitrogens with zero attached hydrogens (tertiary/aromatic N) is 4. The minimum Gasteiger partial charge on any atom is -0.480 e. The number of carboxylic acids is 1. The fourth-order valence-corrected chi connectivity index (χ4v) is 4.37. The quantitative estimate of drug-likeness (QED) is 0.386. The number of aryl methyl sites for hydroxylation is 1. The van der Waals surface area contributed by atoms with E-state index in [0.717, 1.165) is 33.1 Å². The van der Waals surface area contributed by atoms with Gasteiger partial charge in [-0.05, 0) is 44.5 Å². The summed E-state index contributed by atoms with van der Waals surface area (Å²) in [5, 5.41) is 15.5. The molecule has 4 aromatic rings. The molecule has 0 fully saturated rings. The summed E-state index contributed by atoms with van der Waals surface area (Å²) in [6.45, 7) is 5.54. The molecule has 1 atom stereocenters. The van der Waals surface area contributed by atoms with Gasteiger partial charge in [-0.1, -0.05) is 41.1 Å². The van der Waals surface area contributed by atoms with Crippen LogP contribution < -0.4 is 5.56 Å². The van der Waals surface area contributed by atoms with Crippen molar-refractivity contribution < 1.29 is 9.90 Å². The van der Waals surface area contributed by atoms with Crippen molar-refractivity contribution in [2.24, 2.45) is 5.10 Å². The Labute approximate surface area is 193 Å². The van der Waals surface area contributed by atoms with Crippen LogP contribution in [0, 0.1) is 6.92 Å². The van der Waals surface area contributed by atoms with Gasteiger partial charge in [-0.2, -0.15) is 9.78 Å². The number of carboxylic acid groups (broad SMARTS) is 1. The van der Waals surface area contributed by atoms with E-state index in [0.29, 0.717) is 23.1 Å². The lowest BCUT2D eigenvalue weighted by Gasteiger charge is -2.13. The molecule has 0 radical (unpaired) electrons. The Bertz CT molecular complexity index is 1430. The number of carbonyl (C=O) groups is 1. The van der Waals surface area contributed by atoms with Crippen molar-refractivity contribution in [2.45, 2.75) is 39.7 Å². The molecule has 0 aliphatic carbocycles. The first-order chi connectivity index (χ1) is 15.3. The predicted molar refractivity (Wildman–Crippen MR) is 130 cm³/mol. The van der Waals surface area contributed by atoms with Crippen molar-refractivity contribution in [1.29, 1.82) is 0 Å². The second-order valence-electron chi connectivity index (χ2n) is 7.70. The second kappa shape index (κ2) is 8.70. The molecular formula is C24H23BrN4O3. The van der Waals surface area contributed by atoms with Crippen LogP contribution in [0.25, 0.3) is 21.8 Å². The van der Waals surface area contributed by atoms with Crippen LogP contribution in [0.5, 0.6) is 0 Å². The molecule has 1 N–H and O–H groups in total. The summed E-state index contributed by atoms with van der Waals surface area (Å²) in [7, 11) is 0. The maximum atomic E-state index is 13.3. The molecule has 4 rings (SSSR count). The van der Waals surface area contributed by atoms with Gasteiger partial charge in [0.05, 0.1) is 17.1 Å². The number of aliphatic carboxylic acids is 1. The lowest BCUT2D eigenvalue weighted by molar-refractivity contribution is -0.140. The molecule has 164 valence electrons. The zero-order valence-corrected chi connectivity index (χ0v) is 19.6. The summed E-state index contributed by atoms with van der Waals surface area (Å²) >= 11 is 3.42. The highest BCUT2D eigenvalue weighted by Gasteiger charge is 2.21. The Kier molecular flexibility index (Phi) is 5.97. The van der Waals surface area contributed by atoms with Gasteiger partial charge in [0.2, 0.25) is 0 Å². The Hall–Kier alpha value is -3.26. The van der Waals surface area contributed by atoms with Crippen molar-refractivity contribution in [3.63, 3.8) is 0 Å². The van der Waals surface area contributed by atoms with Gasteiger partial charge < -0.3 is 9.67 Å². The third-order valence-electron chi connectivity index (χ3n) is 5.60. The average Bonchev–Trinajstić information content (AvgIpc) is 3.05. The number of halogens is 1. The lowest BCUT2D eigenvalue weighted by atomic mass is 10.1. The van der Waals surface area contributed by atoms with E-state index in [1.807, 2.05) is 50.2 Å². The van der Waals surface area contributed by atoms with E-state index in [1.54, 1.807) is 23.8 Å². The third-order valence-corrected chi connectivity index (χ3v) is 6.09. The van der Waals surface area contributed by atoms with Crippen LogP contribution in [0.4, 0.5) is 0 Å². The fraction of sp³-hybridized carbons (Fsp3) is 0.250. The van der Waals surface area contributed by atoms with Gasteiger partial charge in [0.1, 0.15) is 11.9 Å². The molecule has 0 unspecified atom stereocenters. The molecule has 0 aliphatic heterocycles. The van der Waals surface area contributed by atoms with Gasteiger partial charge in [0.25, 0.3) is 5.56 Å². The van der Waals surface area contributed by atoms with E-state index in [4.69, 9.17) is 0 Å². The largest absolute Gasteiger partial charge is 0.480 e. The zero-order chi connectivity index (χ0) is 23.0. The molecule has 0 saturated heterocycles. The Morgan fingerprint density at radius 1 is 1.25 bits per heavy atom. The Morgan fingerprint density at radius 3 is 2.72 bits per heavy atom. The molecule has 7 nitrogen and oxygen atoms in total. The van der Waals surface area contributed by atoms with E-state index in [2.05, 4.69) is 26.0 Å². The van der Waals surface area contributed by atoms with Gasteiger partial charge in [-0.25, -0.2) is 9.78 Å². The van der Waals surface area contributed by atoms with E-state index < -0.39 is 12.0 Å². The molecule has 0 aliphatic rings. The summed E-state index contributed by atoms with van der Waals surface area (Å²) in [5.74, 6) is -0.327. The van der Waals surface area contributed by atoms with E-state index >= 15 is 0 Å². The first-order valence-corrected chi connectivity index (χ1v) is 11.2. The minimum absolute atomic E-state index is 0.240. The maximum Gasteiger partial charge on any atom is 0.326 e. The van der Waals surface area contributed by atoms with Crippen molar-refractivity contribution in [3.05, 3.63) is 74.4 Å². The highest BCUT2D eigenvalue weighted by atomic mass is 79.9. The van der Waals surface area contributed by atoms with Crippen LogP contribution in [0.2, 0.25) is 0 Å². The summed E-state index contributed by atoms with van der Waals surface area (Å²) in [5.41, 5.74) is 2.75. The molecular weight excluding hydrogens is 472 g/mol. The number of hydrogen-bond acceptors (Lipinski definition) is 4. The number of hydrogen-bond donors (Lipinski definition) is 1. The summed E-state index contributed by atoms with van der Waals surface area (Å²) < 4.78 is 3.93. The number of aromatic nitrogens is 3. The van der Waals surface area contributed by atoms with Gasteiger partial charge in [0, 0.05) is 33.1 Å². The van der Waals surface area contributed by atoms with Crippen molar-refractivity contribution in [3.8, 4) is 0 Å². The molecule has 0 spiro atoms. The number of para-hydroxylation sites is 1. The summed E-state index contributed by atoms with van der Waals surface area (Å²) in [6.07, 6.45) is 3.06. The molecule has 2 heterocycles. The van der Waals surface area contributed by atoms with Gasteiger partial charge in [-0.3, -0.25) is 4.79 Å². The first-order valence-electron chi connectivity index (χ1n) is 10.4. The van der Waals surface area contributed by atoms with Crippen molar-refractivity contribution >= 4 is 49.9 Å². The lowest BCUT2D eigenvalue weighted by Crippen LogP contribution is -2.22. The SMILES string of the molecule is CCCc1nc2ccc(Br)cc2c(=O)n1N=Cc1c(C)n([C@@H](C)C(=O)O)c2ccccc12. The Morgan fingerprint density at radius 2 is 2.00 bits per heavy atom. The van der Waals surface area contributed by atoms with Crippen molar-refractivity contribution in [2.75, 3.05) is 0 Å². The number of fused-ring (bicyclic) bond motifs is 2. The van der Waals surface area contributed by atoms with Crippen LogP contribution in [0.1, 0.15) is 43.4 Å². The molecule has 32 heavy (non-hydrogen) atoms. The van der Waals surface area contributed by atoms with Crippen LogP contribution in [-0.4, -0.2) is 31.5 Å². The summed E-state index contributed by atoms with van der Waals surface area (Å²) in [6, 6.07) is 12.3. The highest BCUT2D eigenvalue weighted by molar-refractivity contribution is 9.10. The highest BCUT2D eigenvalue weighted by Crippen LogP contribution is 2.28. The van der Waals surface area contributed by atoms with Gasteiger partial charge >= 0.3 is 5.97 Å². The van der Waals surface area contributed by atoms with E-state index in [1.165, 1.54) is 4.68 Å². The van der Waals surface area contributed by atoms with Crippen molar-refractivity contribution in [1.82, 2.24) is 14.2 Å². The maximum absolute atomic E-state index is 13.3. The molecule has 0 amide bonds. The van der Waals surface area contributed by atoms with Crippen LogP contribution >= 0.6 is 15.9 Å².